The molecule has 0 N–H and O–H groups in total. The van der Waals surface area contributed by atoms with Gasteiger partial charge in [0.2, 0.25) is 0 Å². The number of nitro groups is 1. The third-order valence-electron chi connectivity index (χ3n) is 4.61. The Bertz CT molecular complexity index is 1240. The van der Waals surface area contributed by atoms with Crippen molar-refractivity contribution >= 4 is 16.7 Å². The van der Waals surface area contributed by atoms with Gasteiger partial charge in [0.1, 0.15) is 11.5 Å². The van der Waals surface area contributed by atoms with Gasteiger partial charge in [-0.15, -0.1) is 0 Å². The molecule has 0 atom stereocenters. The summed E-state index contributed by atoms with van der Waals surface area (Å²) in [4.78, 5) is 14.5. The summed E-state index contributed by atoms with van der Waals surface area (Å²) in [7, 11) is 1.61. The van der Waals surface area contributed by atoms with Crippen molar-refractivity contribution in [2.75, 3.05) is 7.11 Å². The van der Waals surface area contributed by atoms with Gasteiger partial charge in [0.25, 0.3) is 5.69 Å². The van der Waals surface area contributed by atoms with Crippen LogP contribution in [-0.2, 0) is 6.54 Å². The predicted octanol–water partition coefficient (Wildman–Crippen LogP) is 4.64. The number of hydrogen-bond acceptors (Lipinski definition) is 6. The van der Waals surface area contributed by atoms with Crippen LogP contribution >= 0.6 is 0 Å². The van der Waals surface area contributed by atoms with Crippen LogP contribution in [0.25, 0.3) is 11.0 Å². The molecule has 0 aliphatic rings. The van der Waals surface area contributed by atoms with Gasteiger partial charge in [-0.2, -0.15) is 5.10 Å². The van der Waals surface area contributed by atoms with Crippen LogP contribution < -0.4 is 9.47 Å². The van der Waals surface area contributed by atoms with E-state index < -0.39 is 10.7 Å². The quantitative estimate of drug-likeness (QED) is 0.341. The van der Waals surface area contributed by atoms with Gasteiger partial charge in [0, 0.05) is 12.3 Å². The van der Waals surface area contributed by atoms with Crippen LogP contribution in [-0.4, -0.2) is 26.8 Å². The van der Waals surface area contributed by atoms with E-state index >= 15 is 0 Å². The Balaban J connectivity index is 1.68. The van der Waals surface area contributed by atoms with Gasteiger partial charge in [-0.05, 0) is 36.8 Å². The van der Waals surface area contributed by atoms with E-state index in [4.69, 9.17) is 9.47 Å². The molecule has 30 heavy (non-hydrogen) atoms. The first-order valence-corrected chi connectivity index (χ1v) is 9.03. The standard InChI is InChI=1S/C21H17FN4O4/c1-13-20-19(30-18-8-5-15(26(27)28)11-17(18)22)9-10-23-21(20)25(24-13)12-14-3-6-16(29-2)7-4-14/h3-11H,12H2,1-2H3. The third-order valence-corrected chi connectivity index (χ3v) is 4.61. The molecule has 0 spiro atoms. The molecule has 0 radical (unpaired) electrons. The molecule has 2 aromatic heterocycles. The summed E-state index contributed by atoms with van der Waals surface area (Å²) in [6.07, 6.45) is 1.55. The largest absolute Gasteiger partial charge is 0.497 e. The monoisotopic (exact) mass is 408 g/mol. The average molecular weight is 408 g/mol. The number of ether oxygens (including phenoxy) is 2. The average Bonchev–Trinajstić information content (AvgIpc) is 3.06. The van der Waals surface area contributed by atoms with Gasteiger partial charge < -0.3 is 9.47 Å². The number of pyridine rings is 1. The Labute approximate surface area is 170 Å². The molecule has 2 heterocycles. The number of fused-ring (bicyclic) bond motifs is 1. The maximum atomic E-state index is 14.3. The maximum absolute atomic E-state index is 14.3. The molecule has 0 saturated carbocycles. The minimum atomic E-state index is -0.822. The van der Waals surface area contributed by atoms with Crippen LogP contribution in [0.5, 0.6) is 17.2 Å². The molecule has 0 unspecified atom stereocenters. The highest BCUT2D eigenvalue weighted by Crippen LogP contribution is 2.33. The van der Waals surface area contributed by atoms with E-state index in [9.17, 15) is 14.5 Å². The minimum Gasteiger partial charge on any atom is -0.497 e. The highest BCUT2D eigenvalue weighted by atomic mass is 19.1. The van der Waals surface area contributed by atoms with Crippen molar-refractivity contribution in [2.45, 2.75) is 13.5 Å². The summed E-state index contributed by atoms with van der Waals surface area (Å²) in [6.45, 7) is 2.30. The van der Waals surface area contributed by atoms with E-state index in [1.165, 1.54) is 12.1 Å². The van der Waals surface area contributed by atoms with Gasteiger partial charge in [-0.3, -0.25) is 10.1 Å². The Hall–Kier alpha value is -4.01. The highest BCUT2D eigenvalue weighted by molar-refractivity contribution is 5.85. The Morgan fingerprint density at radius 3 is 2.57 bits per heavy atom. The SMILES string of the molecule is COc1ccc(Cn2nc(C)c3c(Oc4ccc([N+](=O)[O-])cc4F)ccnc32)cc1. The lowest BCUT2D eigenvalue weighted by molar-refractivity contribution is -0.385. The van der Waals surface area contributed by atoms with Crippen LogP contribution in [0.15, 0.2) is 54.7 Å². The molecule has 2 aromatic carbocycles. The number of nitro benzene ring substituents is 1. The van der Waals surface area contributed by atoms with Crippen molar-refractivity contribution in [3.63, 3.8) is 0 Å². The van der Waals surface area contributed by atoms with Crippen LogP contribution in [0.1, 0.15) is 11.3 Å². The van der Waals surface area contributed by atoms with E-state index in [2.05, 4.69) is 10.1 Å². The number of nitrogens with zero attached hydrogens (tertiary/aromatic N) is 4. The fourth-order valence-electron chi connectivity index (χ4n) is 3.15. The number of hydrogen-bond donors (Lipinski definition) is 0. The number of methoxy groups -OCH3 is 1. The van der Waals surface area contributed by atoms with Gasteiger partial charge >= 0.3 is 0 Å². The van der Waals surface area contributed by atoms with E-state index in [1.54, 1.807) is 24.1 Å². The lowest BCUT2D eigenvalue weighted by atomic mass is 10.2. The first kappa shape index (κ1) is 19.3. The summed E-state index contributed by atoms with van der Waals surface area (Å²) < 4.78 is 26.9. The Morgan fingerprint density at radius 2 is 1.90 bits per heavy atom. The van der Waals surface area contributed by atoms with Gasteiger partial charge in [-0.1, -0.05) is 12.1 Å². The molecular weight excluding hydrogens is 391 g/mol. The van der Waals surface area contributed by atoms with Gasteiger partial charge in [-0.25, -0.2) is 14.1 Å². The summed E-state index contributed by atoms with van der Waals surface area (Å²) in [5.41, 5.74) is 1.92. The second-order valence-corrected chi connectivity index (χ2v) is 6.57. The number of aryl methyl sites for hydroxylation is 1. The molecule has 8 nitrogen and oxygen atoms in total. The number of non-ortho nitro benzene ring substituents is 1. The first-order chi connectivity index (χ1) is 14.5. The zero-order chi connectivity index (χ0) is 21.3. The van der Waals surface area contributed by atoms with Crippen molar-refractivity contribution in [3.05, 3.63) is 81.9 Å². The maximum Gasteiger partial charge on any atom is 0.272 e. The lowest BCUT2D eigenvalue weighted by Gasteiger charge is -2.08. The van der Waals surface area contributed by atoms with Crippen molar-refractivity contribution < 1.29 is 18.8 Å². The Morgan fingerprint density at radius 1 is 1.13 bits per heavy atom. The molecule has 0 aliphatic carbocycles. The van der Waals surface area contributed by atoms with Gasteiger partial charge in [0.05, 0.1) is 35.7 Å². The molecular formula is C21H17FN4O4. The number of rotatable bonds is 6. The molecule has 152 valence electrons. The molecule has 9 heteroatoms. The van der Waals surface area contributed by atoms with E-state index in [-0.39, 0.29) is 11.4 Å². The highest BCUT2D eigenvalue weighted by Gasteiger charge is 2.17. The lowest BCUT2D eigenvalue weighted by Crippen LogP contribution is -2.03. The van der Waals surface area contributed by atoms with Crippen LogP contribution in [0, 0.1) is 22.9 Å². The second kappa shape index (κ2) is 7.78. The molecule has 4 rings (SSSR count). The molecule has 0 aliphatic heterocycles. The van der Waals surface area contributed by atoms with Crippen molar-refractivity contribution in [1.29, 1.82) is 0 Å². The molecule has 0 bridgehead atoms. The predicted molar refractivity (Wildman–Crippen MR) is 107 cm³/mol. The summed E-state index contributed by atoms with van der Waals surface area (Å²) in [5, 5.41) is 16.0. The molecule has 4 aromatic rings. The number of benzene rings is 2. The fourth-order valence-corrected chi connectivity index (χ4v) is 3.15. The van der Waals surface area contributed by atoms with Crippen LogP contribution in [0.4, 0.5) is 10.1 Å². The van der Waals surface area contributed by atoms with Crippen molar-refractivity contribution in [2.24, 2.45) is 0 Å². The zero-order valence-corrected chi connectivity index (χ0v) is 16.2. The summed E-state index contributed by atoms with van der Waals surface area (Å²) in [5.74, 6) is 0.193. The van der Waals surface area contributed by atoms with E-state index in [0.29, 0.717) is 29.0 Å². The number of aromatic nitrogens is 3. The van der Waals surface area contributed by atoms with Gasteiger partial charge in [0.15, 0.2) is 17.2 Å². The normalized spacial score (nSPS) is 10.9. The summed E-state index contributed by atoms with van der Waals surface area (Å²) in [6, 6.07) is 12.5. The van der Waals surface area contributed by atoms with E-state index in [1.807, 2.05) is 31.2 Å². The fraction of sp³-hybridized carbons (Fsp3) is 0.143. The Kier molecular flexibility index (Phi) is 5.01. The molecule has 0 amide bonds. The zero-order valence-electron chi connectivity index (χ0n) is 16.2. The van der Waals surface area contributed by atoms with Crippen LogP contribution in [0.2, 0.25) is 0 Å². The molecule has 0 saturated heterocycles. The van der Waals surface area contributed by atoms with E-state index in [0.717, 1.165) is 17.4 Å². The molecule has 0 fully saturated rings. The first-order valence-electron chi connectivity index (χ1n) is 9.03. The van der Waals surface area contributed by atoms with Crippen molar-refractivity contribution in [3.8, 4) is 17.2 Å². The minimum absolute atomic E-state index is 0.115. The third kappa shape index (κ3) is 3.64. The topological polar surface area (TPSA) is 92.3 Å². The summed E-state index contributed by atoms with van der Waals surface area (Å²) >= 11 is 0. The number of halogens is 1. The van der Waals surface area contributed by atoms with Crippen LogP contribution in [0.3, 0.4) is 0 Å². The smallest absolute Gasteiger partial charge is 0.272 e. The van der Waals surface area contributed by atoms with Crippen molar-refractivity contribution in [1.82, 2.24) is 14.8 Å². The second-order valence-electron chi connectivity index (χ2n) is 6.57.